The van der Waals surface area contributed by atoms with E-state index in [9.17, 15) is 4.79 Å². The standard InChI is InChI=1S/C17H12BrNO2S/c18-13-8-6-12(7-9-13)17-19-16(11-4-2-1-3-5-11)14(22-17)10-15(20)21/h1-9H,10H2,(H,20,21). The molecule has 0 bridgehead atoms. The third-order valence-electron chi connectivity index (χ3n) is 3.15. The van der Waals surface area contributed by atoms with Gasteiger partial charge in [-0.05, 0) is 12.1 Å². The van der Waals surface area contributed by atoms with E-state index in [4.69, 9.17) is 5.11 Å². The third-order valence-corrected chi connectivity index (χ3v) is 4.78. The highest BCUT2D eigenvalue weighted by atomic mass is 79.9. The van der Waals surface area contributed by atoms with Crippen molar-refractivity contribution < 1.29 is 9.90 Å². The van der Waals surface area contributed by atoms with Crippen LogP contribution in [0.15, 0.2) is 59.1 Å². The second-order valence-corrected chi connectivity index (χ2v) is 6.73. The van der Waals surface area contributed by atoms with Gasteiger partial charge < -0.3 is 5.11 Å². The number of thiazole rings is 1. The lowest BCUT2D eigenvalue weighted by molar-refractivity contribution is -0.136. The number of hydrogen-bond donors (Lipinski definition) is 1. The summed E-state index contributed by atoms with van der Waals surface area (Å²) in [7, 11) is 0. The molecule has 0 aliphatic heterocycles. The molecule has 3 nitrogen and oxygen atoms in total. The van der Waals surface area contributed by atoms with E-state index in [1.54, 1.807) is 0 Å². The monoisotopic (exact) mass is 373 g/mol. The maximum Gasteiger partial charge on any atom is 0.308 e. The molecular weight excluding hydrogens is 362 g/mol. The van der Waals surface area contributed by atoms with Gasteiger partial charge in [0.15, 0.2) is 0 Å². The molecule has 3 rings (SSSR count). The summed E-state index contributed by atoms with van der Waals surface area (Å²) in [4.78, 5) is 16.6. The summed E-state index contributed by atoms with van der Waals surface area (Å²) in [5.41, 5.74) is 2.69. The van der Waals surface area contributed by atoms with Gasteiger partial charge in [-0.1, -0.05) is 58.4 Å². The zero-order chi connectivity index (χ0) is 15.5. The molecule has 0 aliphatic carbocycles. The summed E-state index contributed by atoms with van der Waals surface area (Å²) < 4.78 is 1.00. The van der Waals surface area contributed by atoms with Crippen LogP contribution in [0.2, 0.25) is 0 Å². The first-order valence-electron chi connectivity index (χ1n) is 6.66. The first-order chi connectivity index (χ1) is 10.6. The minimum atomic E-state index is -0.844. The van der Waals surface area contributed by atoms with E-state index in [1.165, 1.54) is 11.3 Å². The second-order valence-electron chi connectivity index (χ2n) is 4.73. The number of carboxylic acids is 1. The Morgan fingerprint density at radius 1 is 1.05 bits per heavy atom. The van der Waals surface area contributed by atoms with Gasteiger partial charge in [0.25, 0.3) is 0 Å². The van der Waals surface area contributed by atoms with Crippen molar-refractivity contribution in [2.45, 2.75) is 6.42 Å². The number of aliphatic carboxylic acids is 1. The molecule has 0 saturated heterocycles. The van der Waals surface area contributed by atoms with Crippen LogP contribution in [0.4, 0.5) is 0 Å². The minimum absolute atomic E-state index is 0.0155. The molecule has 1 aromatic heterocycles. The lowest BCUT2D eigenvalue weighted by Crippen LogP contribution is -1.99. The number of carbonyl (C=O) groups is 1. The molecule has 0 unspecified atom stereocenters. The summed E-state index contributed by atoms with van der Waals surface area (Å²) in [6.45, 7) is 0. The van der Waals surface area contributed by atoms with Gasteiger partial charge in [0.05, 0.1) is 12.1 Å². The number of nitrogens with zero attached hydrogens (tertiary/aromatic N) is 1. The van der Waals surface area contributed by atoms with Gasteiger partial charge in [-0.25, -0.2) is 4.98 Å². The topological polar surface area (TPSA) is 50.2 Å². The SMILES string of the molecule is O=C(O)Cc1sc(-c2ccc(Br)cc2)nc1-c1ccccc1. The van der Waals surface area contributed by atoms with Crippen molar-refractivity contribution in [1.29, 1.82) is 0 Å². The van der Waals surface area contributed by atoms with Crippen LogP contribution in [-0.4, -0.2) is 16.1 Å². The zero-order valence-electron chi connectivity index (χ0n) is 11.5. The smallest absolute Gasteiger partial charge is 0.308 e. The molecule has 110 valence electrons. The van der Waals surface area contributed by atoms with E-state index in [2.05, 4.69) is 20.9 Å². The Balaban J connectivity index is 2.08. The van der Waals surface area contributed by atoms with Crippen molar-refractivity contribution in [2.75, 3.05) is 0 Å². The first-order valence-corrected chi connectivity index (χ1v) is 8.27. The molecule has 3 aromatic rings. The fraction of sp³-hybridized carbons (Fsp3) is 0.0588. The Morgan fingerprint density at radius 2 is 1.73 bits per heavy atom. The van der Waals surface area contributed by atoms with Gasteiger partial charge in [0, 0.05) is 20.5 Å². The van der Waals surface area contributed by atoms with Crippen LogP contribution >= 0.6 is 27.3 Å². The van der Waals surface area contributed by atoms with Gasteiger partial charge in [0.1, 0.15) is 5.01 Å². The van der Waals surface area contributed by atoms with Crippen molar-refractivity contribution in [2.24, 2.45) is 0 Å². The third kappa shape index (κ3) is 3.26. The lowest BCUT2D eigenvalue weighted by Gasteiger charge is -1.99. The highest BCUT2D eigenvalue weighted by Gasteiger charge is 2.16. The molecule has 0 aliphatic rings. The minimum Gasteiger partial charge on any atom is -0.481 e. The Morgan fingerprint density at radius 3 is 2.36 bits per heavy atom. The predicted octanol–water partition coefficient (Wildman–Crippen LogP) is 4.87. The van der Waals surface area contributed by atoms with Crippen molar-refractivity contribution in [3.63, 3.8) is 0 Å². The van der Waals surface area contributed by atoms with Crippen LogP contribution in [0.25, 0.3) is 21.8 Å². The van der Waals surface area contributed by atoms with Crippen LogP contribution in [0.5, 0.6) is 0 Å². The highest BCUT2D eigenvalue weighted by Crippen LogP contribution is 2.34. The van der Waals surface area contributed by atoms with Gasteiger partial charge >= 0.3 is 5.97 Å². The van der Waals surface area contributed by atoms with Gasteiger partial charge in [-0.3, -0.25) is 4.79 Å². The Bertz CT molecular complexity index is 797. The molecule has 0 radical (unpaired) electrons. The van der Waals surface area contributed by atoms with E-state index in [-0.39, 0.29) is 6.42 Å². The normalized spacial score (nSPS) is 10.6. The van der Waals surface area contributed by atoms with Crippen LogP contribution < -0.4 is 0 Å². The largest absolute Gasteiger partial charge is 0.481 e. The Labute approximate surface area is 140 Å². The summed E-state index contributed by atoms with van der Waals surface area (Å²) in [5, 5.41) is 9.96. The average molecular weight is 374 g/mol. The van der Waals surface area contributed by atoms with Crippen molar-refractivity contribution >= 4 is 33.2 Å². The number of halogens is 1. The summed E-state index contributed by atoms with van der Waals surface area (Å²) >= 11 is 4.85. The summed E-state index contributed by atoms with van der Waals surface area (Å²) in [6, 6.07) is 17.5. The maximum absolute atomic E-state index is 11.1. The van der Waals surface area contributed by atoms with E-state index < -0.39 is 5.97 Å². The van der Waals surface area contributed by atoms with Crippen LogP contribution in [0, 0.1) is 0 Å². The molecule has 0 amide bonds. The first kappa shape index (κ1) is 14.9. The molecular formula is C17H12BrNO2S. The van der Waals surface area contributed by atoms with Crippen LogP contribution in [0.3, 0.4) is 0 Å². The molecule has 1 heterocycles. The molecule has 1 N–H and O–H groups in total. The fourth-order valence-electron chi connectivity index (χ4n) is 2.15. The molecule has 0 saturated carbocycles. The second kappa shape index (κ2) is 6.42. The zero-order valence-corrected chi connectivity index (χ0v) is 13.9. The van der Waals surface area contributed by atoms with E-state index in [0.717, 1.165) is 31.2 Å². The average Bonchev–Trinajstić information content (AvgIpc) is 2.92. The molecule has 5 heteroatoms. The van der Waals surface area contributed by atoms with Gasteiger partial charge in [0.2, 0.25) is 0 Å². The summed E-state index contributed by atoms with van der Waals surface area (Å²) in [6.07, 6.45) is -0.0155. The molecule has 2 aromatic carbocycles. The lowest BCUT2D eigenvalue weighted by atomic mass is 10.1. The summed E-state index contributed by atoms with van der Waals surface area (Å²) in [5.74, 6) is -0.844. The van der Waals surface area contributed by atoms with Crippen molar-refractivity contribution in [3.05, 3.63) is 63.9 Å². The van der Waals surface area contributed by atoms with E-state index >= 15 is 0 Å². The molecule has 0 spiro atoms. The quantitative estimate of drug-likeness (QED) is 0.709. The van der Waals surface area contributed by atoms with Crippen LogP contribution in [0.1, 0.15) is 4.88 Å². The molecule has 0 fully saturated rings. The van der Waals surface area contributed by atoms with E-state index in [1.807, 2.05) is 54.6 Å². The highest BCUT2D eigenvalue weighted by molar-refractivity contribution is 9.10. The van der Waals surface area contributed by atoms with E-state index in [0.29, 0.717) is 0 Å². The number of benzene rings is 2. The number of aromatic nitrogens is 1. The molecule has 0 atom stereocenters. The fourth-order valence-corrected chi connectivity index (χ4v) is 3.49. The van der Waals surface area contributed by atoms with Crippen molar-refractivity contribution in [3.8, 4) is 21.8 Å². The Kier molecular flexibility index (Phi) is 4.36. The number of carboxylic acid groups (broad SMARTS) is 1. The predicted molar refractivity (Wildman–Crippen MR) is 92.0 cm³/mol. The van der Waals surface area contributed by atoms with Crippen LogP contribution in [-0.2, 0) is 11.2 Å². The van der Waals surface area contributed by atoms with Gasteiger partial charge in [-0.2, -0.15) is 0 Å². The Hall–Kier alpha value is -1.98. The maximum atomic E-state index is 11.1. The molecule has 22 heavy (non-hydrogen) atoms. The van der Waals surface area contributed by atoms with Crippen molar-refractivity contribution in [1.82, 2.24) is 4.98 Å². The number of rotatable bonds is 4. The van der Waals surface area contributed by atoms with Gasteiger partial charge in [-0.15, -0.1) is 11.3 Å². The number of hydrogen-bond acceptors (Lipinski definition) is 3.